The van der Waals surface area contributed by atoms with Gasteiger partial charge in [-0.15, -0.1) is 10.2 Å². The molecule has 0 aliphatic rings. The van der Waals surface area contributed by atoms with E-state index in [-0.39, 0.29) is 5.91 Å². The highest BCUT2D eigenvalue weighted by molar-refractivity contribution is 8.01. The Hall–Kier alpha value is -1.60. The van der Waals surface area contributed by atoms with Gasteiger partial charge in [-0.25, -0.2) is 0 Å². The van der Waals surface area contributed by atoms with E-state index in [9.17, 15) is 4.79 Å². The molecule has 5 nitrogen and oxygen atoms in total. The molecule has 18 heavy (non-hydrogen) atoms. The monoisotopic (exact) mass is 280 g/mol. The Morgan fingerprint density at radius 3 is 3.00 bits per heavy atom. The number of benzene rings is 1. The van der Waals surface area contributed by atoms with Crippen LogP contribution in [0.5, 0.6) is 0 Å². The Morgan fingerprint density at radius 1 is 1.44 bits per heavy atom. The van der Waals surface area contributed by atoms with Crippen molar-refractivity contribution in [1.82, 2.24) is 10.2 Å². The van der Waals surface area contributed by atoms with Crippen molar-refractivity contribution in [3.63, 3.8) is 0 Å². The first-order chi connectivity index (χ1) is 8.75. The van der Waals surface area contributed by atoms with E-state index in [4.69, 9.17) is 5.73 Å². The number of para-hydroxylation sites is 2. The van der Waals surface area contributed by atoms with Gasteiger partial charge >= 0.3 is 0 Å². The topological polar surface area (TPSA) is 80.9 Å². The molecular formula is C11H12N4OS2. The lowest BCUT2D eigenvalue weighted by atomic mass is 10.2. The second-order valence-corrected chi connectivity index (χ2v) is 5.61. The lowest BCUT2D eigenvalue weighted by molar-refractivity contribution is -0.115. The molecule has 1 aromatic heterocycles. The first kappa shape index (κ1) is 12.8. The van der Waals surface area contributed by atoms with Crippen LogP contribution in [0.1, 0.15) is 6.42 Å². The Morgan fingerprint density at radius 2 is 2.28 bits per heavy atom. The van der Waals surface area contributed by atoms with E-state index < -0.39 is 0 Å². The van der Waals surface area contributed by atoms with Crippen LogP contribution in [0.3, 0.4) is 0 Å². The fraction of sp³-hybridized carbons (Fsp3) is 0.182. The van der Waals surface area contributed by atoms with Crippen molar-refractivity contribution in [2.45, 2.75) is 10.8 Å². The molecule has 0 saturated heterocycles. The predicted octanol–water partition coefficient (Wildman–Crippen LogP) is 2.24. The van der Waals surface area contributed by atoms with Crippen LogP contribution in [-0.2, 0) is 4.79 Å². The van der Waals surface area contributed by atoms with E-state index in [2.05, 4.69) is 15.5 Å². The van der Waals surface area contributed by atoms with Crippen LogP contribution in [0.15, 0.2) is 34.1 Å². The molecule has 1 amide bonds. The van der Waals surface area contributed by atoms with Crippen molar-refractivity contribution in [2.24, 2.45) is 0 Å². The summed E-state index contributed by atoms with van der Waals surface area (Å²) in [5.41, 5.74) is 8.64. The lowest BCUT2D eigenvalue weighted by Gasteiger charge is -2.06. The number of aromatic nitrogens is 2. The summed E-state index contributed by atoms with van der Waals surface area (Å²) in [4.78, 5) is 11.7. The highest BCUT2D eigenvalue weighted by Crippen LogP contribution is 2.20. The lowest BCUT2D eigenvalue weighted by Crippen LogP contribution is -2.13. The maximum absolute atomic E-state index is 11.7. The van der Waals surface area contributed by atoms with E-state index in [0.717, 1.165) is 4.34 Å². The fourth-order valence-corrected chi connectivity index (χ4v) is 2.78. The largest absolute Gasteiger partial charge is 0.397 e. The van der Waals surface area contributed by atoms with Crippen molar-refractivity contribution < 1.29 is 4.79 Å². The average Bonchev–Trinajstić information content (AvgIpc) is 2.85. The van der Waals surface area contributed by atoms with Crippen LogP contribution < -0.4 is 11.1 Å². The summed E-state index contributed by atoms with van der Waals surface area (Å²) in [6.07, 6.45) is 0.415. The van der Waals surface area contributed by atoms with Crippen molar-refractivity contribution in [3.05, 3.63) is 29.8 Å². The summed E-state index contributed by atoms with van der Waals surface area (Å²) in [5.74, 6) is 0.623. The number of amides is 1. The van der Waals surface area contributed by atoms with Gasteiger partial charge in [0.2, 0.25) is 5.91 Å². The zero-order valence-corrected chi connectivity index (χ0v) is 11.1. The number of anilines is 2. The second-order valence-electron chi connectivity index (χ2n) is 3.44. The molecule has 0 aliphatic carbocycles. The number of nitrogen functional groups attached to an aromatic ring is 1. The molecular weight excluding hydrogens is 268 g/mol. The summed E-state index contributed by atoms with van der Waals surface area (Å²) in [5, 5.41) is 10.4. The molecule has 2 aromatic rings. The molecule has 0 unspecified atom stereocenters. The van der Waals surface area contributed by atoms with Crippen molar-refractivity contribution in [2.75, 3.05) is 16.8 Å². The summed E-state index contributed by atoms with van der Waals surface area (Å²) >= 11 is 2.99. The molecule has 2 rings (SSSR count). The van der Waals surface area contributed by atoms with Gasteiger partial charge in [0, 0.05) is 12.2 Å². The molecule has 0 saturated carbocycles. The minimum Gasteiger partial charge on any atom is -0.397 e. The highest BCUT2D eigenvalue weighted by atomic mass is 32.2. The van der Waals surface area contributed by atoms with Crippen LogP contribution in [0, 0.1) is 0 Å². The Labute approximate surface area is 113 Å². The third kappa shape index (κ3) is 3.71. The maximum atomic E-state index is 11.7. The molecule has 94 valence electrons. The fourth-order valence-electron chi connectivity index (χ4n) is 1.28. The van der Waals surface area contributed by atoms with E-state index >= 15 is 0 Å². The first-order valence-electron chi connectivity index (χ1n) is 5.29. The first-order valence-corrected chi connectivity index (χ1v) is 7.15. The highest BCUT2D eigenvalue weighted by Gasteiger charge is 2.05. The molecule has 0 spiro atoms. The summed E-state index contributed by atoms with van der Waals surface area (Å²) in [7, 11) is 0. The molecule has 1 aromatic carbocycles. The van der Waals surface area contributed by atoms with Gasteiger partial charge in [0.15, 0.2) is 4.34 Å². The van der Waals surface area contributed by atoms with Gasteiger partial charge in [-0.05, 0) is 12.1 Å². The Balaban J connectivity index is 1.77. The van der Waals surface area contributed by atoms with Crippen LogP contribution in [0.25, 0.3) is 0 Å². The number of rotatable bonds is 5. The molecule has 0 fully saturated rings. The van der Waals surface area contributed by atoms with Gasteiger partial charge in [-0.1, -0.05) is 35.2 Å². The number of hydrogen-bond donors (Lipinski definition) is 2. The average molecular weight is 280 g/mol. The molecule has 3 N–H and O–H groups in total. The van der Waals surface area contributed by atoms with Gasteiger partial charge in [-0.3, -0.25) is 4.79 Å². The number of nitrogens with one attached hydrogen (secondary N) is 1. The van der Waals surface area contributed by atoms with Crippen LogP contribution in [0.4, 0.5) is 11.4 Å². The zero-order valence-electron chi connectivity index (χ0n) is 9.50. The third-order valence-corrected chi connectivity index (χ3v) is 3.99. The van der Waals surface area contributed by atoms with Gasteiger partial charge < -0.3 is 11.1 Å². The van der Waals surface area contributed by atoms with Gasteiger partial charge in [0.05, 0.1) is 11.4 Å². The summed E-state index contributed by atoms with van der Waals surface area (Å²) < 4.78 is 0.877. The number of nitrogens with two attached hydrogens (primary N) is 1. The summed E-state index contributed by atoms with van der Waals surface area (Å²) in [6.45, 7) is 0. The van der Waals surface area contributed by atoms with Gasteiger partial charge in [0.1, 0.15) is 5.51 Å². The van der Waals surface area contributed by atoms with E-state index in [1.165, 1.54) is 23.1 Å². The van der Waals surface area contributed by atoms with E-state index in [1.54, 1.807) is 17.6 Å². The number of nitrogens with zero attached hydrogens (tertiary/aromatic N) is 2. The van der Waals surface area contributed by atoms with Gasteiger partial charge in [0.25, 0.3) is 0 Å². The van der Waals surface area contributed by atoms with Crippen molar-refractivity contribution in [3.8, 4) is 0 Å². The second kappa shape index (κ2) is 6.36. The van der Waals surface area contributed by atoms with Gasteiger partial charge in [-0.2, -0.15) is 0 Å². The molecule has 7 heteroatoms. The maximum Gasteiger partial charge on any atom is 0.225 e. The zero-order chi connectivity index (χ0) is 12.8. The SMILES string of the molecule is Nc1ccccc1NC(=O)CCSc1nncs1. The standard InChI is InChI=1S/C11H12N4OS2/c12-8-3-1-2-4-9(8)14-10(16)5-6-17-11-15-13-7-18-11/h1-4,7H,5-6,12H2,(H,14,16). The smallest absolute Gasteiger partial charge is 0.225 e. The van der Waals surface area contributed by atoms with Crippen LogP contribution in [-0.4, -0.2) is 21.9 Å². The molecule has 1 heterocycles. The van der Waals surface area contributed by atoms with E-state index in [0.29, 0.717) is 23.5 Å². The summed E-state index contributed by atoms with van der Waals surface area (Å²) in [6, 6.07) is 7.20. The number of carbonyl (C=O) groups excluding carboxylic acids is 1. The molecule has 0 bridgehead atoms. The Bertz CT molecular complexity index is 516. The third-order valence-electron chi connectivity index (χ3n) is 2.13. The van der Waals surface area contributed by atoms with E-state index in [1.807, 2.05) is 12.1 Å². The Kier molecular flexibility index (Phi) is 4.54. The molecule has 0 radical (unpaired) electrons. The number of hydrogen-bond acceptors (Lipinski definition) is 6. The molecule has 0 aliphatic heterocycles. The minimum absolute atomic E-state index is 0.0510. The molecule has 0 atom stereocenters. The predicted molar refractivity (Wildman–Crippen MR) is 74.7 cm³/mol. The number of carbonyl (C=O) groups is 1. The quantitative estimate of drug-likeness (QED) is 0.648. The van der Waals surface area contributed by atoms with Crippen LogP contribution in [0.2, 0.25) is 0 Å². The normalized spacial score (nSPS) is 10.2. The minimum atomic E-state index is -0.0510. The van der Waals surface area contributed by atoms with Crippen LogP contribution >= 0.6 is 23.1 Å². The van der Waals surface area contributed by atoms with Crippen molar-refractivity contribution in [1.29, 1.82) is 0 Å². The van der Waals surface area contributed by atoms with Crippen molar-refractivity contribution >= 4 is 40.4 Å². The number of thioether (sulfide) groups is 1.